The van der Waals surface area contributed by atoms with E-state index in [4.69, 9.17) is 14.2 Å². The molecule has 0 aromatic heterocycles. The van der Waals surface area contributed by atoms with E-state index >= 15 is 0 Å². The van der Waals surface area contributed by atoms with Gasteiger partial charge in [0.15, 0.2) is 11.5 Å². The molecule has 0 spiro atoms. The van der Waals surface area contributed by atoms with Crippen LogP contribution in [-0.4, -0.2) is 52.4 Å². The molecule has 0 saturated carbocycles. The number of urea groups is 1. The van der Waals surface area contributed by atoms with Gasteiger partial charge in [-0.2, -0.15) is 0 Å². The van der Waals surface area contributed by atoms with Gasteiger partial charge in [0.2, 0.25) is 0 Å². The second kappa shape index (κ2) is 9.52. The maximum Gasteiger partial charge on any atom is 0.315 e. The Morgan fingerprint density at radius 2 is 1.90 bits per heavy atom. The second-order valence-corrected chi connectivity index (χ2v) is 7.20. The first kappa shape index (κ1) is 20.8. The molecule has 1 heterocycles. The van der Waals surface area contributed by atoms with Gasteiger partial charge in [-0.05, 0) is 49.0 Å². The van der Waals surface area contributed by atoms with Gasteiger partial charge in [-0.3, -0.25) is 0 Å². The average Bonchev–Trinajstić information content (AvgIpc) is 3.19. The molecule has 156 valence electrons. The number of fused-ring (bicyclic) bond motifs is 1. The Morgan fingerprint density at radius 1 is 1.10 bits per heavy atom. The summed E-state index contributed by atoms with van der Waals surface area (Å²) in [6, 6.07) is 11.7. The van der Waals surface area contributed by atoms with Crippen molar-refractivity contribution in [2.75, 3.05) is 41.5 Å². The van der Waals surface area contributed by atoms with Crippen molar-refractivity contribution in [2.45, 2.75) is 19.0 Å². The van der Waals surface area contributed by atoms with Crippen molar-refractivity contribution in [1.29, 1.82) is 0 Å². The number of carbonyl (C=O) groups excluding carboxylic acids is 1. The summed E-state index contributed by atoms with van der Waals surface area (Å²) in [7, 11) is 7.21. The van der Waals surface area contributed by atoms with E-state index in [1.165, 1.54) is 11.1 Å². The molecule has 0 saturated heterocycles. The molecule has 7 nitrogen and oxygen atoms in total. The lowest BCUT2D eigenvalue weighted by Crippen LogP contribution is -2.40. The van der Waals surface area contributed by atoms with Gasteiger partial charge < -0.3 is 29.7 Å². The Morgan fingerprint density at radius 3 is 2.62 bits per heavy atom. The molecule has 1 aliphatic heterocycles. The van der Waals surface area contributed by atoms with Crippen LogP contribution in [-0.2, 0) is 13.0 Å². The average molecular weight is 399 g/mol. The van der Waals surface area contributed by atoms with Crippen molar-refractivity contribution in [3.8, 4) is 17.2 Å². The highest BCUT2D eigenvalue weighted by atomic mass is 16.5. The smallest absolute Gasteiger partial charge is 0.315 e. The number of benzene rings is 2. The standard InChI is InChI=1S/C22H29N3O4/c1-25(2)18(16-6-8-19-17(12-16)9-10-29-19)14-24-22(26)23-13-15-5-7-20(27-3)21(11-15)28-4/h5-8,11-12,18H,9-10,13-14H2,1-4H3,(H2,23,24,26). The third-order valence-corrected chi connectivity index (χ3v) is 5.08. The van der Waals surface area contributed by atoms with Gasteiger partial charge >= 0.3 is 6.03 Å². The van der Waals surface area contributed by atoms with Crippen LogP contribution < -0.4 is 24.8 Å². The summed E-state index contributed by atoms with van der Waals surface area (Å²) in [5, 5.41) is 5.86. The third kappa shape index (κ3) is 5.12. The number of hydrogen-bond acceptors (Lipinski definition) is 5. The summed E-state index contributed by atoms with van der Waals surface area (Å²) < 4.78 is 16.1. The maximum atomic E-state index is 12.3. The summed E-state index contributed by atoms with van der Waals surface area (Å²) >= 11 is 0. The molecule has 1 aliphatic rings. The SMILES string of the molecule is COc1ccc(CNC(=O)NCC(c2ccc3c(c2)CCO3)N(C)C)cc1OC. The van der Waals surface area contributed by atoms with E-state index in [0.717, 1.165) is 24.3 Å². The Bertz CT molecular complexity index is 854. The van der Waals surface area contributed by atoms with E-state index in [2.05, 4.69) is 27.7 Å². The lowest BCUT2D eigenvalue weighted by Gasteiger charge is -2.25. The summed E-state index contributed by atoms with van der Waals surface area (Å²) in [5.74, 6) is 2.27. The molecule has 3 rings (SSSR count). The van der Waals surface area contributed by atoms with Crippen LogP contribution in [0, 0.1) is 0 Å². The number of hydrogen-bond donors (Lipinski definition) is 2. The highest BCUT2D eigenvalue weighted by molar-refractivity contribution is 5.73. The summed E-state index contributed by atoms with van der Waals surface area (Å²) in [5.41, 5.74) is 3.33. The number of nitrogens with one attached hydrogen (secondary N) is 2. The van der Waals surface area contributed by atoms with Gasteiger partial charge in [-0.25, -0.2) is 4.79 Å². The van der Waals surface area contributed by atoms with Crippen molar-refractivity contribution in [2.24, 2.45) is 0 Å². The number of rotatable bonds is 8. The topological polar surface area (TPSA) is 72.1 Å². The number of amides is 2. The quantitative estimate of drug-likeness (QED) is 0.714. The highest BCUT2D eigenvalue weighted by Crippen LogP contribution is 2.29. The van der Waals surface area contributed by atoms with Crippen molar-refractivity contribution < 1.29 is 19.0 Å². The predicted octanol–water partition coefficient (Wildman–Crippen LogP) is 2.74. The zero-order valence-corrected chi connectivity index (χ0v) is 17.5. The maximum absolute atomic E-state index is 12.3. The largest absolute Gasteiger partial charge is 0.493 e. The highest BCUT2D eigenvalue weighted by Gasteiger charge is 2.19. The molecule has 0 fully saturated rings. The molecule has 0 aliphatic carbocycles. The van der Waals surface area contributed by atoms with Gasteiger partial charge in [0.25, 0.3) is 0 Å². The molecule has 1 atom stereocenters. The molecule has 2 aromatic rings. The van der Waals surface area contributed by atoms with E-state index in [0.29, 0.717) is 24.6 Å². The zero-order chi connectivity index (χ0) is 20.8. The molecule has 7 heteroatoms. The van der Waals surface area contributed by atoms with Gasteiger partial charge in [-0.15, -0.1) is 0 Å². The molecule has 2 amide bonds. The van der Waals surface area contributed by atoms with Crippen molar-refractivity contribution >= 4 is 6.03 Å². The first-order chi connectivity index (χ1) is 14.0. The van der Waals surface area contributed by atoms with Crippen molar-refractivity contribution in [3.63, 3.8) is 0 Å². The molecule has 0 radical (unpaired) electrons. The van der Waals surface area contributed by atoms with E-state index in [1.807, 2.05) is 38.4 Å². The van der Waals surface area contributed by atoms with Gasteiger partial charge in [0.1, 0.15) is 5.75 Å². The number of likely N-dealkylation sites (N-methyl/N-ethyl adjacent to an activating group) is 1. The minimum atomic E-state index is -0.212. The van der Waals surface area contributed by atoms with E-state index in [1.54, 1.807) is 14.2 Å². The van der Waals surface area contributed by atoms with Crippen LogP contribution in [0.25, 0.3) is 0 Å². The number of carbonyl (C=O) groups is 1. The fourth-order valence-corrected chi connectivity index (χ4v) is 3.44. The van der Waals surface area contributed by atoms with E-state index in [9.17, 15) is 4.79 Å². The first-order valence-electron chi connectivity index (χ1n) is 9.66. The van der Waals surface area contributed by atoms with Gasteiger partial charge in [0, 0.05) is 19.5 Å². The van der Waals surface area contributed by atoms with Crippen molar-refractivity contribution in [1.82, 2.24) is 15.5 Å². The fraction of sp³-hybridized carbons (Fsp3) is 0.409. The Hall–Kier alpha value is -2.93. The van der Waals surface area contributed by atoms with E-state index in [-0.39, 0.29) is 12.1 Å². The number of nitrogens with zero attached hydrogens (tertiary/aromatic N) is 1. The summed E-state index contributed by atoms with van der Waals surface area (Å²) in [6.07, 6.45) is 0.933. The predicted molar refractivity (Wildman–Crippen MR) is 112 cm³/mol. The molecule has 2 aromatic carbocycles. The number of methoxy groups -OCH3 is 2. The molecule has 29 heavy (non-hydrogen) atoms. The third-order valence-electron chi connectivity index (χ3n) is 5.08. The van der Waals surface area contributed by atoms with Crippen molar-refractivity contribution in [3.05, 3.63) is 53.1 Å². The summed E-state index contributed by atoms with van der Waals surface area (Å²) in [6.45, 7) is 1.64. The molecular weight excluding hydrogens is 370 g/mol. The van der Waals surface area contributed by atoms with Crippen LogP contribution in [0.5, 0.6) is 17.2 Å². The Labute approximate surface area is 171 Å². The minimum absolute atomic E-state index is 0.0766. The Kier molecular flexibility index (Phi) is 6.82. The monoisotopic (exact) mass is 399 g/mol. The van der Waals surface area contributed by atoms with Crippen LogP contribution in [0.1, 0.15) is 22.7 Å². The van der Waals surface area contributed by atoms with Gasteiger partial charge in [-0.1, -0.05) is 18.2 Å². The lowest BCUT2D eigenvalue weighted by atomic mass is 10.0. The first-order valence-corrected chi connectivity index (χ1v) is 9.66. The molecular formula is C22H29N3O4. The van der Waals surface area contributed by atoms with Crippen LogP contribution in [0.2, 0.25) is 0 Å². The molecule has 2 N–H and O–H groups in total. The van der Waals surface area contributed by atoms with Crippen LogP contribution in [0.15, 0.2) is 36.4 Å². The second-order valence-electron chi connectivity index (χ2n) is 7.20. The van der Waals surface area contributed by atoms with E-state index < -0.39 is 0 Å². The van der Waals surface area contributed by atoms with Crippen LogP contribution in [0.3, 0.4) is 0 Å². The van der Waals surface area contributed by atoms with Crippen LogP contribution >= 0.6 is 0 Å². The molecule has 1 unspecified atom stereocenters. The number of ether oxygens (including phenoxy) is 3. The Balaban J connectivity index is 1.56. The lowest BCUT2D eigenvalue weighted by molar-refractivity contribution is 0.232. The summed E-state index contributed by atoms with van der Waals surface area (Å²) in [4.78, 5) is 14.4. The minimum Gasteiger partial charge on any atom is -0.493 e. The normalized spacial score (nSPS) is 13.4. The fourth-order valence-electron chi connectivity index (χ4n) is 3.44. The van der Waals surface area contributed by atoms with Crippen LogP contribution in [0.4, 0.5) is 4.79 Å². The zero-order valence-electron chi connectivity index (χ0n) is 17.5. The molecule has 0 bridgehead atoms. The van der Waals surface area contributed by atoms with Gasteiger partial charge in [0.05, 0.1) is 26.9 Å².